The van der Waals surface area contributed by atoms with Crippen LogP contribution in [0.3, 0.4) is 0 Å². The lowest BCUT2D eigenvalue weighted by atomic mass is 10.0. The van der Waals surface area contributed by atoms with Crippen LogP contribution in [-0.4, -0.2) is 60.6 Å². The van der Waals surface area contributed by atoms with Crippen molar-refractivity contribution in [3.8, 4) is 0 Å². The number of nitrogens with one attached hydrogen (secondary N) is 1. The molecule has 0 unspecified atom stereocenters. The molecule has 0 aromatic carbocycles. The molecular weight excluding hydrogens is 232 g/mol. The zero-order valence-corrected chi connectivity index (χ0v) is 11.0. The molecule has 0 spiro atoms. The molecule has 0 radical (unpaired) electrons. The van der Waals surface area contributed by atoms with E-state index in [2.05, 4.69) is 29.5 Å². The molecule has 0 saturated carbocycles. The third-order valence-corrected chi connectivity index (χ3v) is 3.63. The summed E-state index contributed by atoms with van der Waals surface area (Å²) in [5.74, 6) is -0.134. The quantitative estimate of drug-likeness (QED) is 0.740. The molecule has 6 nitrogen and oxygen atoms in total. The fraction of sp³-hybridized carbons (Fsp3) is 0.750. The van der Waals surface area contributed by atoms with Crippen LogP contribution in [0, 0.1) is 0 Å². The maximum atomic E-state index is 12.2. The predicted molar refractivity (Wildman–Crippen MR) is 68.1 cm³/mol. The summed E-state index contributed by atoms with van der Waals surface area (Å²) >= 11 is 0. The fourth-order valence-electron chi connectivity index (χ4n) is 2.40. The van der Waals surface area contributed by atoms with E-state index in [4.69, 9.17) is 0 Å². The number of rotatable bonds is 2. The number of amides is 2. The van der Waals surface area contributed by atoms with E-state index in [-0.39, 0.29) is 11.8 Å². The average molecular weight is 252 g/mol. The van der Waals surface area contributed by atoms with Gasteiger partial charge in [0.25, 0.3) is 5.91 Å². The van der Waals surface area contributed by atoms with Crippen LogP contribution in [0.25, 0.3) is 0 Å². The Balaban J connectivity index is 1.90. The van der Waals surface area contributed by atoms with Gasteiger partial charge in [0.1, 0.15) is 5.71 Å². The maximum Gasteiger partial charge on any atom is 0.270 e. The Hall–Kier alpha value is -1.43. The normalized spacial score (nSPS) is 21.8. The molecule has 2 aliphatic heterocycles. The van der Waals surface area contributed by atoms with Crippen LogP contribution in [-0.2, 0) is 9.59 Å². The van der Waals surface area contributed by atoms with E-state index in [9.17, 15) is 9.59 Å². The van der Waals surface area contributed by atoms with Gasteiger partial charge in [0.05, 0.1) is 0 Å². The Labute approximate surface area is 107 Å². The number of hydrazone groups is 1. The van der Waals surface area contributed by atoms with Gasteiger partial charge in [0.2, 0.25) is 5.91 Å². The van der Waals surface area contributed by atoms with Gasteiger partial charge in [-0.2, -0.15) is 5.10 Å². The number of hydrogen-bond acceptors (Lipinski definition) is 4. The lowest BCUT2D eigenvalue weighted by molar-refractivity contribution is -0.126. The number of piperidine rings is 1. The molecular formula is C12H20N4O2. The van der Waals surface area contributed by atoms with Gasteiger partial charge in [-0.3, -0.25) is 9.59 Å². The van der Waals surface area contributed by atoms with Gasteiger partial charge in [-0.1, -0.05) is 0 Å². The van der Waals surface area contributed by atoms with Crippen molar-refractivity contribution in [2.45, 2.75) is 31.7 Å². The highest BCUT2D eigenvalue weighted by Crippen LogP contribution is 2.15. The molecule has 0 aromatic rings. The summed E-state index contributed by atoms with van der Waals surface area (Å²) in [5.41, 5.74) is 2.86. The summed E-state index contributed by atoms with van der Waals surface area (Å²) in [6, 6.07) is 0.557. The summed E-state index contributed by atoms with van der Waals surface area (Å²) in [6.45, 7) is 1.54. The molecule has 2 aliphatic rings. The topological polar surface area (TPSA) is 65.0 Å². The molecule has 18 heavy (non-hydrogen) atoms. The van der Waals surface area contributed by atoms with Crippen molar-refractivity contribution in [3.63, 3.8) is 0 Å². The number of likely N-dealkylation sites (tertiary alicyclic amines) is 1. The first-order valence-corrected chi connectivity index (χ1v) is 6.39. The van der Waals surface area contributed by atoms with Crippen molar-refractivity contribution < 1.29 is 9.59 Å². The van der Waals surface area contributed by atoms with Crippen LogP contribution in [0.4, 0.5) is 0 Å². The van der Waals surface area contributed by atoms with E-state index in [1.54, 1.807) is 0 Å². The molecule has 0 aliphatic carbocycles. The molecule has 1 saturated heterocycles. The Kier molecular flexibility index (Phi) is 3.96. The van der Waals surface area contributed by atoms with Gasteiger partial charge in [-0.15, -0.1) is 0 Å². The van der Waals surface area contributed by atoms with Crippen molar-refractivity contribution in [1.29, 1.82) is 0 Å². The fourth-order valence-corrected chi connectivity index (χ4v) is 2.40. The van der Waals surface area contributed by atoms with E-state index in [0.29, 0.717) is 24.6 Å². The van der Waals surface area contributed by atoms with Gasteiger partial charge in [0, 0.05) is 32.0 Å². The zero-order valence-electron chi connectivity index (χ0n) is 11.0. The summed E-state index contributed by atoms with van der Waals surface area (Å²) < 4.78 is 0. The van der Waals surface area contributed by atoms with Crippen LogP contribution >= 0.6 is 0 Å². The highest BCUT2D eigenvalue weighted by molar-refractivity contribution is 6.39. The average Bonchev–Trinajstić information content (AvgIpc) is 2.39. The van der Waals surface area contributed by atoms with Gasteiger partial charge < -0.3 is 9.80 Å². The minimum absolute atomic E-state index is 0.0211. The first-order chi connectivity index (χ1) is 8.58. The van der Waals surface area contributed by atoms with Gasteiger partial charge in [-0.25, -0.2) is 5.43 Å². The van der Waals surface area contributed by atoms with Crippen LogP contribution < -0.4 is 5.43 Å². The third kappa shape index (κ3) is 2.87. The minimum atomic E-state index is -0.113. The molecule has 1 fully saturated rings. The Morgan fingerprint density at radius 2 is 2.00 bits per heavy atom. The highest BCUT2D eigenvalue weighted by atomic mass is 16.2. The second-order valence-corrected chi connectivity index (χ2v) is 5.08. The lowest BCUT2D eigenvalue weighted by Crippen LogP contribution is -2.47. The first kappa shape index (κ1) is 13.0. The molecule has 6 heteroatoms. The van der Waals surface area contributed by atoms with Crippen LogP contribution in [0.1, 0.15) is 25.7 Å². The van der Waals surface area contributed by atoms with Crippen LogP contribution in [0.15, 0.2) is 5.10 Å². The summed E-state index contributed by atoms with van der Waals surface area (Å²) in [4.78, 5) is 27.2. The predicted octanol–water partition coefficient (Wildman–Crippen LogP) is -0.195. The molecule has 2 heterocycles. The standard InChI is InChI=1S/C12H20N4O2/c1-15(2)9-5-7-16(8-6-9)12(18)10-3-4-11(17)14-13-10/h9H,3-8H2,1-2H3,(H,14,17). The number of hydrogen-bond donors (Lipinski definition) is 1. The van der Waals surface area contributed by atoms with E-state index >= 15 is 0 Å². The van der Waals surface area contributed by atoms with Crippen molar-refractivity contribution in [3.05, 3.63) is 0 Å². The first-order valence-electron chi connectivity index (χ1n) is 6.39. The summed E-state index contributed by atoms with van der Waals surface area (Å²) in [6.07, 6.45) is 2.81. The number of nitrogens with zero attached hydrogens (tertiary/aromatic N) is 3. The van der Waals surface area contributed by atoms with Crippen molar-refractivity contribution in [1.82, 2.24) is 15.2 Å². The number of carbonyl (C=O) groups excluding carboxylic acids is 2. The summed E-state index contributed by atoms with van der Waals surface area (Å²) in [5, 5.41) is 3.86. The lowest BCUT2D eigenvalue weighted by Gasteiger charge is -2.35. The van der Waals surface area contributed by atoms with E-state index in [1.807, 2.05) is 4.90 Å². The van der Waals surface area contributed by atoms with Crippen molar-refractivity contribution >= 4 is 17.5 Å². The van der Waals surface area contributed by atoms with E-state index in [0.717, 1.165) is 25.9 Å². The monoisotopic (exact) mass is 252 g/mol. The Morgan fingerprint density at radius 3 is 2.50 bits per heavy atom. The second kappa shape index (κ2) is 5.48. The zero-order chi connectivity index (χ0) is 13.1. The number of carbonyl (C=O) groups is 2. The van der Waals surface area contributed by atoms with Gasteiger partial charge >= 0.3 is 0 Å². The van der Waals surface area contributed by atoms with Gasteiger partial charge in [-0.05, 0) is 26.9 Å². The highest BCUT2D eigenvalue weighted by Gasteiger charge is 2.27. The van der Waals surface area contributed by atoms with Crippen LogP contribution in [0.2, 0.25) is 0 Å². The Morgan fingerprint density at radius 1 is 1.33 bits per heavy atom. The largest absolute Gasteiger partial charge is 0.337 e. The molecule has 0 aromatic heterocycles. The summed E-state index contributed by atoms with van der Waals surface area (Å²) in [7, 11) is 4.14. The van der Waals surface area contributed by atoms with E-state index < -0.39 is 0 Å². The second-order valence-electron chi connectivity index (χ2n) is 5.08. The molecule has 2 rings (SSSR count). The van der Waals surface area contributed by atoms with Crippen LogP contribution in [0.5, 0.6) is 0 Å². The third-order valence-electron chi connectivity index (χ3n) is 3.63. The smallest absolute Gasteiger partial charge is 0.270 e. The van der Waals surface area contributed by atoms with Crippen molar-refractivity contribution in [2.75, 3.05) is 27.2 Å². The minimum Gasteiger partial charge on any atom is -0.337 e. The van der Waals surface area contributed by atoms with Gasteiger partial charge in [0.15, 0.2) is 0 Å². The molecule has 2 amide bonds. The maximum absolute atomic E-state index is 12.2. The molecule has 100 valence electrons. The molecule has 1 N–H and O–H groups in total. The van der Waals surface area contributed by atoms with E-state index in [1.165, 1.54) is 0 Å². The molecule has 0 atom stereocenters. The molecule has 0 bridgehead atoms. The SMILES string of the molecule is CN(C)C1CCN(C(=O)C2=NNC(=O)CC2)CC1. The van der Waals surface area contributed by atoms with Crippen molar-refractivity contribution in [2.24, 2.45) is 5.10 Å². The Bertz CT molecular complexity index is 370.